The molecule has 3 aromatic rings. The molecule has 0 saturated carbocycles. The molecule has 0 bridgehead atoms. The quantitative estimate of drug-likeness (QED) is 0.448. The molecule has 0 aliphatic rings. The number of nitrogens with zero attached hydrogens (tertiary/aromatic N) is 1. The lowest BCUT2D eigenvalue weighted by atomic mass is 10.0. The average molecular weight is 505 g/mol. The first-order valence-corrected chi connectivity index (χ1v) is 13.6. The number of benzene rings is 2. The highest BCUT2D eigenvalue weighted by Crippen LogP contribution is 2.31. The van der Waals surface area contributed by atoms with Crippen molar-refractivity contribution < 1.29 is 26.3 Å². The molecule has 8 nitrogen and oxygen atoms in total. The topological polar surface area (TPSA) is 112 Å². The van der Waals surface area contributed by atoms with Crippen molar-refractivity contribution in [2.24, 2.45) is 0 Å². The SMILES string of the molecule is COc1ccc(OC)c(S(=O)(=O)NCC(c2cccnc2)S(=O)(=O)c2ccc(C(C)C)cc2)c1. The van der Waals surface area contributed by atoms with Crippen LogP contribution in [0.1, 0.15) is 36.1 Å². The largest absolute Gasteiger partial charge is 0.497 e. The van der Waals surface area contributed by atoms with Gasteiger partial charge in [0.25, 0.3) is 0 Å². The molecule has 1 heterocycles. The van der Waals surface area contributed by atoms with Crippen molar-refractivity contribution in [2.45, 2.75) is 34.8 Å². The van der Waals surface area contributed by atoms with Crippen LogP contribution in [-0.2, 0) is 19.9 Å². The van der Waals surface area contributed by atoms with E-state index in [1.807, 2.05) is 13.8 Å². The Morgan fingerprint density at radius 1 is 0.912 bits per heavy atom. The van der Waals surface area contributed by atoms with E-state index in [1.54, 1.807) is 42.5 Å². The van der Waals surface area contributed by atoms with Gasteiger partial charge in [-0.15, -0.1) is 0 Å². The lowest BCUT2D eigenvalue weighted by Gasteiger charge is -2.20. The van der Waals surface area contributed by atoms with E-state index in [4.69, 9.17) is 9.47 Å². The summed E-state index contributed by atoms with van der Waals surface area (Å²) in [4.78, 5) is 3.97. The number of methoxy groups -OCH3 is 2. The second-order valence-corrected chi connectivity index (χ2v) is 11.8. The van der Waals surface area contributed by atoms with Gasteiger partial charge < -0.3 is 9.47 Å². The van der Waals surface area contributed by atoms with Crippen LogP contribution < -0.4 is 14.2 Å². The maximum absolute atomic E-state index is 13.6. The fourth-order valence-corrected chi connectivity index (χ4v) is 6.42. The predicted octanol–water partition coefficient (Wildman–Crippen LogP) is 3.72. The molecule has 0 amide bonds. The number of hydrogen-bond acceptors (Lipinski definition) is 7. The number of rotatable bonds is 10. The zero-order chi connectivity index (χ0) is 24.9. The van der Waals surface area contributed by atoms with E-state index in [0.717, 1.165) is 5.56 Å². The highest BCUT2D eigenvalue weighted by molar-refractivity contribution is 7.92. The van der Waals surface area contributed by atoms with Crippen molar-refractivity contribution in [2.75, 3.05) is 20.8 Å². The molecule has 10 heteroatoms. The van der Waals surface area contributed by atoms with E-state index in [-0.39, 0.29) is 21.5 Å². The van der Waals surface area contributed by atoms with E-state index in [1.165, 1.54) is 38.7 Å². The summed E-state index contributed by atoms with van der Waals surface area (Å²) in [7, 11) is -5.32. The van der Waals surface area contributed by atoms with E-state index in [9.17, 15) is 16.8 Å². The number of pyridine rings is 1. The molecule has 1 N–H and O–H groups in total. The van der Waals surface area contributed by atoms with E-state index in [0.29, 0.717) is 11.3 Å². The van der Waals surface area contributed by atoms with Gasteiger partial charge in [-0.25, -0.2) is 21.6 Å². The van der Waals surface area contributed by atoms with Crippen LogP contribution in [0.2, 0.25) is 0 Å². The van der Waals surface area contributed by atoms with Crippen LogP contribution in [-0.4, -0.2) is 42.6 Å². The molecule has 0 fully saturated rings. The van der Waals surface area contributed by atoms with Gasteiger partial charge in [-0.1, -0.05) is 32.0 Å². The highest BCUT2D eigenvalue weighted by atomic mass is 32.2. The van der Waals surface area contributed by atoms with Gasteiger partial charge in [0, 0.05) is 25.0 Å². The molecule has 0 aliphatic carbocycles. The molecule has 0 aliphatic heterocycles. The average Bonchev–Trinajstić information content (AvgIpc) is 2.84. The Kier molecular flexibility index (Phi) is 7.96. The summed E-state index contributed by atoms with van der Waals surface area (Å²) in [6, 6.07) is 14.2. The molecule has 1 unspecified atom stereocenters. The third kappa shape index (κ3) is 5.57. The summed E-state index contributed by atoms with van der Waals surface area (Å²) in [5, 5.41) is -1.20. The molecule has 182 valence electrons. The Labute approximate surface area is 200 Å². The van der Waals surface area contributed by atoms with Crippen LogP contribution in [0.5, 0.6) is 11.5 Å². The molecule has 1 aromatic heterocycles. The van der Waals surface area contributed by atoms with Gasteiger partial charge in [0.2, 0.25) is 10.0 Å². The van der Waals surface area contributed by atoms with Gasteiger partial charge in [0.1, 0.15) is 21.6 Å². The minimum absolute atomic E-state index is 0.101. The monoisotopic (exact) mass is 504 g/mol. The van der Waals surface area contributed by atoms with Crippen molar-refractivity contribution in [3.8, 4) is 11.5 Å². The molecule has 1 atom stereocenters. The third-order valence-electron chi connectivity index (χ3n) is 5.43. The van der Waals surface area contributed by atoms with Crippen LogP contribution in [0.15, 0.2) is 76.8 Å². The molecule has 3 rings (SSSR count). The van der Waals surface area contributed by atoms with Crippen molar-refractivity contribution in [3.63, 3.8) is 0 Å². The van der Waals surface area contributed by atoms with E-state index >= 15 is 0 Å². The summed E-state index contributed by atoms with van der Waals surface area (Å²) in [5.74, 6) is 0.678. The van der Waals surface area contributed by atoms with Crippen molar-refractivity contribution in [1.29, 1.82) is 0 Å². The van der Waals surface area contributed by atoms with Crippen LogP contribution in [0.25, 0.3) is 0 Å². The summed E-state index contributed by atoms with van der Waals surface area (Å²) in [6.45, 7) is 3.63. The number of nitrogens with one attached hydrogen (secondary N) is 1. The number of aromatic nitrogens is 1. The Hall–Kier alpha value is -2.95. The highest BCUT2D eigenvalue weighted by Gasteiger charge is 2.32. The van der Waals surface area contributed by atoms with Crippen LogP contribution in [0, 0.1) is 0 Å². The first-order chi connectivity index (χ1) is 16.1. The summed E-state index contributed by atoms with van der Waals surface area (Å²) >= 11 is 0. The lowest BCUT2D eigenvalue weighted by molar-refractivity contribution is 0.392. The summed E-state index contributed by atoms with van der Waals surface area (Å²) in [5.41, 5.74) is 1.37. The molecular formula is C24H28N2O6S2. The van der Waals surface area contributed by atoms with Gasteiger partial charge in [-0.3, -0.25) is 4.98 Å². The number of sulfone groups is 1. The molecule has 2 aromatic carbocycles. The fraction of sp³-hybridized carbons (Fsp3) is 0.292. The maximum Gasteiger partial charge on any atom is 0.244 e. The van der Waals surface area contributed by atoms with Crippen LogP contribution >= 0.6 is 0 Å². The van der Waals surface area contributed by atoms with E-state index < -0.39 is 31.7 Å². The van der Waals surface area contributed by atoms with Crippen molar-refractivity contribution in [1.82, 2.24) is 9.71 Å². The maximum atomic E-state index is 13.6. The Morgan fingerprint density at radius 3 is 2.18 bits per heavy atom. The summed E-state index contributed by atoms with van der Waals surface area (Å²) in [6.07, 6.45) is 2.95. The molecule has 34 heavy (non-hydrogen) atoms. The molecule has 0 spiro atoms. The third-order valence-corrected chi connectivity index (χ3v) is 8.99. The molecule has 0 saturated heterocycles. The Morgan fingerprint density at radius 2 is 1.62 bits per heavy atom. The van der Waals surface area contributed by atoms with Gasteiger partial charge >= 0.3 is 0 Å². The van der Waals surface area contributed by atoms with Gasteiger partial charge in [0.15, 0.2) is 9.84 Å². The first-order valence-electron chi connectivity index (χ1n) is 10.6. The first kappa shape index (κ1) is 25.7. The zero-order valence-electron chi connectivity index (χ0n) is 19.4. The predicted molar refractivity (Wildman–Crippen MR) is 129 cm³/mol. The van der Waals surface area contributed by atoms with E-state index in [2.05, 4.69) is 9.71 Å². The number of hydrogen-bond donors (Lipinski definition) is 1. The Bertz CT molecular complexity index is 1320. The van der Waals surface area contributed by atoms with Crippen LogP contribution in [0.3, 0.4) is 0 Å². The second-order valence-electron chi connectivity index (χ2n) is 7.91. The molecule has 0 radical (unpaired) electrons. The Balaban J connectivity index is 1.98. The van der Waals surface area contributed by atoms with Gasteiger partial charge in [0.05, 0.1) is 19.1 Å². The lowest BCUT2D eigenvalue weighted by Crippen LogP contribution is -2.32. The summed E-state index contributed by atoms with van der Waals surface area (Å²) < 4.78 is 66.2. The van der Waals surface area contributed by atoms with Gasteiger partial charge in [-0.2, -0.15) is 0 Å². The number of ether oxygens (including phenoxy) is 2. The fourth-order valence-electron chi connectivity index (χ4n) is 3.44. The minimum atomic E-state index is -4.14. The normalized spacial score (nSPS) is 13.0. The van der Waals surface area contributed by atoms with Gasteiger partial charge in [-0.05, 0) is 47.4 Å². The number of sulfonamides is 1. The van der Waals surface area contributed by atoms with Crippen molar-refractivity contribution >= 4 is 19.9 Å². The standard InChI is InChI=1S/C24H28N2O6S2/c1-17(2)18-7-10-21(11-8-18)33(27,28)24(19-6-5-13-25-15-19)16-26-34(29,30)23-14-20(31-3)9-12-22(23)32-4/h5-15,17,24,26H,16H2,1-4H3. The molecular weight excluding hydrogens is 476 g/mol. The zero-order valence-corrected chi connectivity index (χ0v) is 21.1. The van der Waals surface area contributed by atoms with Crippen LogP contribution in [0.4, 0.5) is 0 Å². The second kappa shape index (κ2) is 10.5. The smallest absolute Gasteiger partial charge is 0.244 e. The minimum Gasteiger partial charge on any atom is -0.497 e. The van der Waals surface area contributed by atoms with Crippen molar-refractivity contribution in [3.05, 3.63) is 78.1 Å².